The van der Waals surface area contributed by atoms with Gasteiger partial charge in [-0.05, 0) is 46.1 Å². The van der Waals surface area contributed by atoms with Crippen LogP contribution in [0.15, 0.2) is 53.0 Å². The van der Waals surface area contributed by atoms with Crippen LogP contribution >= 0.6 is 15.9 Å². The monoisotopic (exact) mass is 336 g/mol. The van der Waals surface area contributed by atoms with Gasteiger partial charge in [-0.15, -0.1) is 0 Å². The lowest BCUT2D eigenvalue weighted by atomic mass is 10.1. The maximum absolute atomic E-state index is 13.1. The van der Waals surface area contributed by atoms with Crippen LogP contribution in [-0.4, -0.2) is 11.9 Å². The predicted molar refractivity (Wildman–Crippen MR) is 80.9 cm³/mol. The van der Waals surface area contributed by atoms with E-state index < -0.39 is 6.04 Å². The Hall–Kier alpha value is -1.72. The van der Waals surface area contributed by atoms with Crippen molar-refractivity contribution in [2.24, 2.45) is 5.73 Å². The molecule has 0 saturated carbocycles. The van der Waals surface area contributed by atoms with Gasteiger partial charge in [-0.25, -0.2) is 4.39 Å². The topological polar surface area (TPSA) is 55.1 Å². The van der Waals surface area contributed by atoms with Gasteiger partial charge in [0.15, 0.2) is 0 Å². The molecule has 1 amide bonds. The van der Waals surface area contributed by atoms with Crippen molar-refractivity contribution in [2.45, 2.75) is 12.5 Å². The second-order valence-corrected chi connectivity index (χ2v) is 5.27. The Morgan fingerprint density at radius 1 is 1.25 bits per heavy atom. The Morgan fingerprint density at radius 3 is 2.60 bits per heavy atom. The number of rotatable bonds is 4. The van der Waals surface area contributed by atoms with Crippen molar-refractivity contribution in [3.63, 3.8) is 0 Å². The number of carbonyl (C=O) groups is 1. The van der Waals surface area contributed by atoms with Gasteiger partial charge in [-0.1, -0.05) is 30.3 Å². The molecule has 2 rings (SSSR count). The lowest BCUT2D eigenvalue weighted by molar-refractivity contribution is -0.117. The first-order chi connectivity index (χ1) is 9.56. The highest BCUT2D eigenvalue weighted by molar-refractivity contribution is 9.10. The van der Waals surface area contributed by atoms with E-state index in [2.05, 4.69) is 21.2 Å². The van der Waals surface area contributed by atoms with Crippen molar-refractivity contribution in [3.05, 3.63) is 64.4 Å². The Kier molecular flexibility index (Phi) is 4.87. The number of benzene rings is 2. The number of anilines is 1. The summed E-state index contributed by atoms with van der Waals surface area (Å²) in [6, 6.07) is 13.2. The van der Waals surface area contributed by atoms with Crippen molar-refractivity contribution < 1.29 is 9.18 Å². The molecule has 1 atom stereocenters. The second-order valence-electron chi connectivity index (χ2n) is 4.41. The largest absolute Gasteiger partial charge is 0.325 e. The van der Waals surface area contributed by atoms with Crippen molar-refractivity contribution in [2.75, 3.05) is 5.32 Å². The summed E-state index contributed by atoms with van der Waals surface area (Å²) in [5.41, 5.74) is 7.37. The van der Waals surface area contributed by atoms with Crippen molar-refractivity contribution in [1.82, 2.24) is 0 Å². The lowest BCUT2D eigenvalue weighted by Gasteiger charge is -2.12. The van der Waals surface area contributed by atoms with Gasteiger partial charge in [0, 0.05) is 5.69 Å². The molecule has 104 valence electrons. The molecule has 20 heavy (non-hydrogen) atoms. The summed E-state index contributed by atoms with van der Waals surface area (Å²) >= 11 is 3.07. The average Bonchev–Trinajstić information content (AvgIpc) is 2.44. The van der Waals surface area contributed by atoms with Crippen molar-refractivity contribution >= 4 is 27.5 Å². The molecule has 0 bridgehead atoms. The lowest BCUT2D eigenvalue weighted by Crippen LogP contribution is -2.37. The minimum Gasteiger partial charge on any atom is -0.325 e. The molecule has 0 aliphatic heterocycles. The molecule has 0 aliphatic rings. The predicted octanol–water partition coefficient (Wildman–Crippen LogP) is 3.10. The maximum atomic E-state index is 13.1. The average molecular weight is 337 g/mol. The smallest absolute Gasteiger partial charge is 0.241 e. The fourth-order valence-corrected chi connectivity index (χ4v) is 2.15. The number of halogens is 2. The van der Waals surface area contributed by atoms with Gasteiger partial charge in [0.1, 0.15) is 5.82 Å². The zero-order valence-electron chi connectivity index (χ0n) is 10.6. The SMILES string of the molecule is N[C@@H](Cc1ccccc1)C(=O)Nc1ccc(F)c(Br)c1. The quantitative estimate of drug-likeness (QED) is 0.901. The standard InChI is InChI=1S/C15H14BrFN2O/c16-12-9-11(6-7-13(12)17)19-15(20)14(18)8-10-4-2-1-3-5-10/h1-7,9,14H,8,18H2,(H,19,20)/t14-/m0/s1. The van der Waals surface area contributed by atoms with Crippen LogP contribution in [0.1, 0.15) is 5.56 Å². The molecule has 0 radical (unpaired) electrons. The maximum Gasteiger partial charge on any atom is 0.241 e. The van der Waals surface area contributed by atoms with E-state index in [4.69, 9.17) is 5.73 Å². The number of carbonyl (C=O) groups excluding carboxylic acids is 1. The van der Waals surface area contributed by atoms with Crippen LogP contribution in [0.25, 0.3) is 0 Å². The summed E-state index contributed by atoms with van der Waals surface area (Å²) in [4.78, 5) is 12.0. The van der Waals surface area contributed by atoms with E-state index in [0.29, 0.717) is 16.6 Å². The molecule has 2 aromatic rings. The van der Waals surface area contributed by atoms with Crippen LogP contribution in [0.3, 0.4) is 0 Å². The highest BCUT2D eigenvalue weighted by Crippen LogP contribution is 2.20. The third kappa shape index (κ3) is 3.88. The van der Waals surface area contributed by atoms with Gasteiger partial charge >= 0.3 is 0 Å². The first-order valence-corrected chi connectivity index (χ1v) is 6.91. The molecular weight excluding hydrogens is 323 g/mol. The van der Waals surface area contributed by atoms with Gasteiger partial charge < -0.3 is 11.1 Å². The number of amides is 1. The molecule has 0 heterocycles. The van der Waals surface area contributed by atoms with Crippen LogP contribution in [0.5, 0.6) is 0 Å². The highest BCUT2D eigenvalue weighted by Gasteiger charge is 2.14. The molecule has 3 nitrogen and oxygen atoms in total. The zero-order chi connectivity index (χ0) is 14.5. The molecule has 0 aromatic heterocycles. The van der Waals surface area contributed by atoms with Crippen LogP contribution in [0.2, 0.25) is 0 Å². The third-order valence-electron chi connectivity index (χ3n) is 2.82. The first kappa shape index (κ1) is 14.7. The molecule has 3 N–H and O–H groups in total. The van der Waals surface area contributed by atoms with Gasteiger partial charge in [0.25, 0.3) is 0 Å². The molecule has 0 aliphatic carbocycles. The van der Waals surface area contributed by atoms with E-state index in [1.54, 1.807) is 0 Å². The summed E-state index contributed by atoms with van der Waals surface area (Å²) < 4.78 is 13.4. The van der Waals surface area contributed by atoms with E-state index in [0.717, 1.165) is 5.56 Å². The van der Waals surface area contributed by atoms with Crippen LogP contribution in [0, 0.1) is 5.82 Å². The fourth-order valence-electron chi connectivity index (χ4n) is 1.77. The minimum absolute atomic E-state index is 0.298. The number of hydrogen-bond acceptors (Lipinski definition) is 2. The third-order valence-corrected chi connectivity index (χ3v) is 3.43. The molecule has 0 unspecified atom stereocenters. The first-order valence-electron chi connectivity index (χ1n) is 6.11. The van der Waals surface area contributed by atoms with Crippen LogP contribution < -0.4 is 11.1 Å². The van der Waals surface area contributed by atoms with E-state index in [9.17, 15) is 9.18 Å². The van der Waals surface area contributed by atoms with Crippen molar-refractivity contribution in [1.29, 1.82) is 0 Å². The number of nitrogens with one attached hydrogen (secondary N) is 1. The fraction of sp³-hybridized carbons (Fsp3) is 0.133. The molecule has 0 saturated heterocycles. The minimum atomic E-state index is -0.652. The summed E-state index contributed by atoms with van der Waals surface area (Å²) in [5, 5.41) is 2.67. The van der Waals surface area contributed by atoms with E-state index >= 15 is 0 Å². The second kappa shape index (κ2) is 6.63. The summed E-state index contributed by atoms with van der Waals surface area (Å²) in [7, 11) is 0. The molecule has 5 heteroatoms. The van der Waals surface area contributed by atoms with Gasteiger partial charge in [-0.2, -0.15) is 0 Å². The summed E-state index contributed by atoms with van der Waals surface area (Å²) in [6.07, 6.45) is 0.453. The summed E-state index contributed by atoms with van der Waals surface area (Å²) in [6.45, 7) is 0. The zero-order valence-corrected chi connectivity index (χ0v) is 12.2. The van der Waals surface area contributed by atoms with Gasteiger partial charge in [0.2, 0.25) is 5.91 Å². The summed E-state index contributed by atoms with van der Waals surface area (Å²) in [5.74, 6) is -0.677. The Labute approximate surface area is 125 Å². The van der Waals surface area contributed by atoms with E-state index in [-0.39, 0.29) is 11.7 Å². The molecule has 2 aromatic carbocycles. The highest BCUT2D eigenvalue weighted by atomic mass is 79.9. The number of hydrogen-bond donors (Lipinski definition) is 2. The van der Waals surface area contributed by atoms with E-state index in [1.807, 2.05) is 30.3 Å². The Balaban J connectivity index is 1.99. The van der Waals surface area contributed by atoms with Gasteiger partial charge in [-0.3, -0.25) is 4.79 Å². The Morgan fingerprint density at radius 2 is 1.95 bits per heavy atom. The van der Waals surface area contributed by atoms with Crippen LogP contribution in [0.4, 0.5) is 10.1 Å². The number of nitrogens with two attached hydrogens (primary N) is 1. The Bertz CT molecular complexity index is 604. The van der Waals surface area contributed by atoms with Crippen LogP contribution in [-0.2, 0) is 11.2 Å². The molecule has 0 spiro atoms. The normalized spacial score (nSPS) is 11.9. The van der Waals surface area contributed by atoms with Gasteiger partial charge in [0.05, 0.1) is 10.5 Å². The van der Waals surface area contributed by atoms with Crippen molar-refractivity contribution in [3.8, 4) is 0 Å². The van der Waals surface area contributed by atoms with E-state index in [1.165, 1.54) is 18.2 Å². The molecular formula is C15H14BrFN2O. The molecule has 0 fully saturated rings.